The van der Waals surface area contributed by atoms with Gasteiger partial charge in [-0.1, -0.05) is 34.5 Å². The highest BCUT2D eigenvalue weighted by atomic mass is 15.6. The molecule has 0 unspecified atom stereocenters. The lowest BCUT2D eigenvalue weighted by molar-refractivity contribution is 0.566. The van der Waals surface area contributed by atoms with Crippen LogP contribution in [0, 0.1) is 0 Å². The number of tetrazole rings is 2. The molecule has 0 atom stereocenters. The van der Waals surface area contributed by atoms with Crippen LogP contribution in [0.4, 0.5) is 0 Å². The molecule has 0 aliphatic rings. The van der Waals surface area contributed by atoms with E-state index in [0.29, 0.717) is 25.0 Å². The third kappa shape index (κ3) is 3.30. The predicted octanol–water partition coefficient (Wildman–Crippen LogP) is 1.34. The highest BCUT2D eigenvalue weighted by molar-refractivity contribution is 5.23. The van der Waals surface area contributed by atoms with Gasteiger partial charge < -0.3 is 0 Å². The van der Waals surface area contributed by atoms with Crippen molar-refractivity contribution in [1.29, 1.82) is 0 Å². The van der Waals surface area contributed by atoms with Crippen molar-refractivity contribution in [3.05, 3.63) is 84.4 Å². The van der Waals surface area contributed by atoms with Crippen LogP contribution in [0.5, 0.6) is 0 Å². The van der Waals surface area contributed by atoms with Gasteiger partial charge >= 0.3 is 0 Å². The number of hydrogen-bond acceptors (Lipinski definition) is 6. The molecule has 0 spiro atoms. The van der Waals surface area contributed by atoms with Gasteiger partial charge in [0.25, 0.3) is 11.9 Å². The van der Waals surface area contributed by atoms with Crippen LogP contribution >= 0.6 is 0 Å². The maximum Gasteiger partial charge on any atom is 0.274 e. The fourth-order valence-corrected chi connectivity index (χ4v) is 2.82. The van der Waals surface area contributed by atoms with Gasteiger partial charge in [-0.25, -0.2) is 0 Å². The fourth-order valence-electron chi connectivity index (χ4n) is 2.82. The molecule has 10 heteroatoms. The van der Waals surface area contributed by atoms with Gasteiger partial charge in [0, 0.05) is 24.8 Å². The van der Waals surface area contributed by atoms with Crippen LogP contribution in [0.3, 0.4) is 0 Å². The van der Waals surface area contributed by atoms with Gasteiger partial charge in [-0.2, -0.15) is 9.59 Å². The molecule has 0 fully saturated rings. The summed E-state index contributed by atoms with van der Waals surface area (Å²) in [4.78, 5) is 3.15. The Hall–Kier alpha value is -4.08. The molecule has 4 aromatic heterocycles. The zero-order valence-electron chi connectivity index (χ0n) is 14.8. The third-order valence-electron chi connectivity index (χ3n) is 4.23. The first-order chi connectivity index (χ1) is 13.8. The third-order valence-corrected chi connectivity index (χ3v) is 4.23. The van der Waals surface area contributed by atoms with Crippen LogP contribution in [0.1, 0.15) is 11.1 Å². The van der Waals surface area contributed by atoms with Crippen LogP contribution in [-0.4, -0.2) is 49.5 Å². The zero-order chi connectivity index (χ0) is 18.8. The highest BCUT2D eigenvalue weighted by Crippen LogP contribution is 2.08. The van der Waals surface area contributed by atoms with E-state index in [9.17, 15) is 0 Å². The van der Waals surface area contributed by atoms with Crippen molar-refractivity contribution >= 4 is 0 Å². The molecule has 5 rings (SSSR count). The second kappa shape index (κ2) is 6.91. The molecule has 0 saturated heterocycles. The van der Waals surface area contributed by atoms with Crippen molar-refractivity contribution in [3.8, 4) is 11.9 Å². The largest absolute Gasteiger partial charge is 0.290 e. The fraction of sp³-hybridized carbons (Fsp3) is 0.111. The molecular weight excluding hydrogens is 356 g/mol. The maximum atomic E-state index is 4.39. The van der Waals surface area contributed by atoms with Crippen molar-refractivity contribution in [3.63, 3.8) is 0 Å². The van der Waals surface area contributed by atoms with Gasteiger partial charge in [0.2, 0.25) is 0 Å². The molecular formula is C18H16N10. The van der Waals surface area contributed by atoms with Crippen LogP contribution in [0.25, 0.3) is 11.9 Å². The summed E-state index contributed by atoms with van der Waals surface area (Å²) in [6.45, 7) is 1.10. The van der Waals surface area contributed by atoms with E-state index in [2.05, 4.69) is 30.8 Å². The van der Waals surface area contributed by atoms with E-state index in [4.69, 9.17) is 0 Å². The minimum absolute atomic E-state index is 0.550. The van der Waals surface area contributed by atoms with E-state index < -0.39 is 0 Å². The van der Waals surface area contributed by atoms with E-state index in [0.717, 1.165) is 11.1 Å². The number of rotatable bonds is 6. The lowest BCUT2D eigenvalue weighted by Gasteiger charge is -2.03. The minimum Gasteiger partial charge on any atom is -0.290 e. The zero-order valence-corrected chi connectivity index (χ0v) is 14.8. The first-order valence-electron chi connectivity index (χ1n) is 8.74. The lowest BCUT2D eigenvalue weighted by atomic mass is 10.1. The summed E-state index contributed by atoms with van der Waals surface area (Å²) in [6.07, 6.45) is 7.54. The van der Waals surface area contributed by atoms with Crippen molar-refractivity contribution in [2.75, 3.05) is 0 Å². The molecule has 4 heterocycles. The van der Waals surface area contributed by atoms with E-state index in [1.807, 2.05) is 82.5 Å². The number of benzene rings is 1. The average molecular weight is 372 g/mol. The Kier molecular flexibility index (Phi) is 3.98. The molecule has 5 aromatic rings. The topological polar surface area (TPSA) is 97.1 Å². The van der Waals surface area contributed by atoms with Crippen LogP contribution in [0.2, 0.25) is 0 Å². The minimum atomic E-state index is 0.550. The SMILES string of the molecule is c1ccn(-c2nnn(Cc3ccc(Cn4nnc(-n5cccc5)n4)cc3)n2)c1. The lowest BCUT2D eigenvalue weighted by Crippen LogP contribution is -2.06. The summed E-state index contributed by atoms with van der Waals surface area (Å²) in [5.41, 5.74) is 2.17. The molecule has 0 bridgehead atoms. The molecule has 0 saturated carbocycles. The number of aromatic nitrogens is 10. The molecule has 0 radical (unpaired) electrons. The Bertz CT molecular complexity index is 1060. The van der Waals surface area contributed by atoms with Crippen molar-refractivity contribution in [1.82, 2.24) is 49.5 Å². The molecule has 1 aromatic carbocycles. The Balaban J connectivity index is 1.25. The second-order valence-corrected chi connectivity index (χ2v) is 6.24. The quantitative estimate of drug-likeness (QED) is 0.446. The Morgan fingerprint density at radius 3 is 1.36 bits per heavy atom. The Labute approximate surface area is 159 Å². The first-order valence-corrected chi connectivity index (χ1v) is 8.74. The van der Waals surface area contributed by atoms with Crippen molar-refractivity contribution < 1.29 is 0 Å². The molecule has 28 heavy (non-hydrogen) atoms. The first kappa shape index (κ1) is 16.1. The van der Waals surface area contributed by atoms with Gasteiger partial charge in [0.1, 0.15) is 0 Å². The molecule has 0 aliphatic carbocycles. The van der Waals surface area contributed by atoms with Gasteiger partial charge in [0.05, 0.1) is 13.1 Å². The molecule has 138 valence electrons. The van der Waals surface area contributed by atoms with Gasteiger partial charge in [-0.3, -0.25) is 9.13 Å². The maximum absolute atomic E-state index is 4.39. The molecule has 0 N–H and O–H groups in total. The predicted molar refractivity (Wildman–Crippen MR) is 98.9 cm³/mol. The van der Waals surface area contributed by atoms with E-state index in [-0.39, 0.29) is 0 Å². The van der Waals surface area contributed by atoms with E-state index in [1.165, 1.54) is 0 Å². The Morgan fingerprint density at radius 2 is 0.964 bits per heavy atom. The highest BCUT2D eigenvalue weighted by Gasteiger charge is 2.07. The standard InChI is InChI=1S/C18H16N10/c1-2-10-25(9-1)17-19-23-27(21-17)13-15-5-7-16(8-6-15)14-28-22-18(20-24-28)26-11-3-4-12-26/h1-12H,13-14H2. The summed E-state index contributed by atoms with van der Waals surface area (Å²) >= 11 is 0. The van der Waals surface area contributed by atoms with Gasteiger partial charge in [0.15, 0.2) is 0 Å². The average Bonchev–Trinajstić information content (AvgIpc) is 3.50. The molecule has 0 aliphatic heterocycles. The number of nitrogens with zero attached hydrogens (tertiary/aromatic N) is 10. The summed E-state index contributed by atoms with van der Waals surface area (Å²) in [7, 11) is 0. The monoisotopic (exact) mass is 372 g/mol. The van der Waals surface area contributed by atoms with Crippen LogP contribution in [-0.2, 0) is 13.1 Å². The van der Waals surface area contributed by atoms with Gasteiger partial charge in [-0.05, 0) is 45.8 Å². The van der Waals surface area contributed by atoms with Gasteiger partial charge in [-0.15, -0.1) is 10.2 Å². The Morgan fingerprint density at radius 1 is 0.571 bits per heavy atom. The summed E-state index contributed by atoms with van der Waals surface area (Å²) < 4.78 is 3.64. The summed E-state index contributed by atoms with van der Waals surface area (Å²) in [5, 5.41) is 25.1. The summed E-state index contributed by atoms with van der Waals surface area (Å²) in [5.74, 6) is 1.11. The van der Waals surface area contributed by atoms with E-state index >= 15 is 0 Å². The normalized spacial score (nSPS) is 11.1. The van der Waals surface area contributed by atoms with Crippen molar-refractivity contribution in [2.24, 2.45) is 0 Å². The van der Waals surface area contributed by atoms with E-state index in [1.54, 1.807) is 9.59 Å². The van der Waals surface area contributed by atoms with Crippen LogP contribution < -0.4 is 0 Å². The summed E-state index contributed by atoms with van der Waals surface area (Å²) in [6, 6.07) is 15.8. The second-order valence-electron chi connectivity index (χ2n) is 6.24. The smallest absolute Gasteiger partial charge is 0.274 e. The number of hydrogen-bond donors (Lipinski definition) is 0. The molecule has 10 nitrogen and oxygen atoms in total. The van der Waals surface area contributed by atoms with Crippen LogP contribution in [0.15, 0.2) is 73.3 Å². The molecule has 0 amide bonds. The van der Waals surface area contributed by atoms with Crippen molar-refractivity contribution in [2.45, 2.75) is 13.1 Å².